The number of nitrogens with two attached hydrogens (primary N) is 1. The summed E-state index contributed by atoms with van der Waals surface area (Å²) in [7, 11) is -2.90. The normalized spacial score (nSPS) is 25.4. The molecule has 1 aliphatic rings. The number of benzene rings is 1. The number of hydrogen-bond donors (Lipinski definition) is 1. The van der Waals surface area contributed by atoms with Crippen LogP contribution in [0.2, 0.25) is 5.02 Å². The van der Waals surface area contributed by atoms with Crippen LogP contribution < -0.4 is 5.73 Å². The molecule has 1 fully saturated rings. The second-order valence-electron chi connectivity index (χ2n) is 4.59. The predicted octanol–water partition coefficient (Wildman–Crippen LogP) is 2.16. The van der Waals surface area contributed by atoms with Gasteiger partial charge in [-0.25, -0.2) is 8.42 Å². The highest BCUT2D eigenvalue weighted by Crippen LogP contribution is 2.29. The van der Waals surface area contributed by atoms with Gasteiger partial charge in [0.15, 0.2) is 9.84 Å². The Morgan fingerprint density at radius 3 is 2.53 bits per heavy atom. The highest BCUT2D eigenvalue weighted by Gasteiger charge is 2.29. The van der Waals surface area contributed by atoms with E-state index in [1.165, 1.54) is 0 Å². The third-order valence-electron chi connectivity index (χ3n) is 3.26. The molecule has 2 atom stereocenters. The van der Waals surface area contributed by atoms with Crippen LogP contribution in [0.1, 0.15) is 24.4 Å². The molecule has 3 nitrogen and oxygen atoms in total. The molecular formula is C12H16ClNO2S. The lowest BCUT2D eigenvalue weighted by Crippen LogP contribution is -2.33. The highest BCUT2D eigenvalue weighted by atomic mass is 35.5. The molecule has 2 rings (SSSR count). The molecule has 2 unspecified atom stereocenters. The van der Waals surface area contributed by atoms with E-state index in [4.69, 9.17) is 17.3 Å². The van der Waals surface area contributed by atoms with Gasteiger partial charge < -0.3 is 5.73 Å². The molecular weight excluding hydrogens is 258 g/mol. The molecule has 0 radical (unpaired) electrons. The van der Waals surface area contributed by atoms with Gasteiger partial charge in [0, 0.05) is 11.1 Å². The fraction of sp³-hybridized carbons (Fsp3) is 0.500. The Hall–Kier alpha value is -0.580. The molecule has 17 heavy (non-hydrogen) atoms. The van der Waals surface area contributed by atoms with Crippen molar-refractivity contribution in [3.05, 3.63) is 34.9 Å². The van der Waals surface area contributed by atoms with Crippen molar-refractivity contribution in [3.63, 3.8) is 0 Å². The lowest BCUT2D eigenvalue weighted by atomic mass is 9.91. The van der Waals surface area contributed by atoms with Crippen LogP contribution in [0, 0.1) is 5.92 Å². The summed E-state index contributed by atoms with van der Waals surface area (Å²) >= 11 is 5.81. The smallest absolute Gasteiger partial charge is 0.150 e. The molecule has 1 heterocycles. The molecule has 0 amide bonds. The third kappa shape index (κ3) is 3.21. The van der Waals surface area contributed by atoms with Gasteiger partial charge in [0.2, 0.25) is 0 Å². The second kappa shape index (κ2) is 4.96. The average Bonchev–Trinajstić information content (AvgIpc) is 2.28. The molecule has 1 aliphatic heterocycles. The molecule has 0 bridgehead atoms. The summed E-state index contributed by atoms with van der Waals surface area (Å²) < 4.78 is 23.1. The SMILES string of the molecule is NC(c1ccc(Cl)cc1)C1CCCS(=O)(=O)C1. The van der Waals surface area contributed by atoms with Gasteiger partial charge in [-0.15, -0.1) is 0 Å². The predicted molar refractivity (Wildman–Crippen MR) is 69.8 cm³/mol. The monoisotopic (exact) mass is 273 g/mol. The minimum Gasteiger partial charge on any atom is -0.324 e. The quantitative estimate of drug-likeness (QED) is 0.898. The maximum absolute atomic E-state index is 11.6. The molecule has 1 aromatic rings. The van der Waals surface area contributed by atoms with E-state index in [-0.39, 0.29) is 17.7 Å². The lowest BCUT2D eigenvalue weighted by Gasteiger charge is -2.27. The van der Waals surface area contributed by atoms with E-state index in [1.54, 1.807) is 12.1 Å². The Kier molecular flexibility index (Phi) is 3.76. The third-order valence-corrected chi connectivity index (χ3v) is 5.36. The summed E-state index contributed by atoms with van der Waals surface area (Å²) in [5.74, 6) is 0.531. The largest absolute Gasteiger partial charge is 0.324 e. The summed E-state index contributed by atoms with van der Waals surface area (Å²) in [5, 5.41) is 0.664. The van der Waals surface area contributed by atoms with Crippen molar-refractivity contribution >= 4 is 21.4 Å². The molecule has 1 saturated heterocycles. The molecule has 0 spiro atoms. The Labute approximate surface area is 107 Å². The molecule has 94 valence electrons. The zero-order valence-electron chi connectivity index (χ0n) is 9.47. The standard InChI is InChI=1S/C12H16ClNO2S/c13-11-5-3-9(4-6-11)12(14)10-2-1-7-17(15,16)8-10/h3-6,10,12H,1-2,7-8,14H2. The Bertz CT molecular complexity index is 484. The Balaban J connectivity index is 2.14. The minimum atomic E-state index is -2.90. The van der Waals surface area contributed by atoms with Crippen LogP contribution in [0.5, 0.6) is 0 Å². The molecule has 1 aromatic carbocycles. The molecule has 0 aromatic heterocycles. The van der Waals surface area contributed by atoms with Gasteiger partial charge in [-0.2, -0.15) is 0 Å². The summed E-state index contributed by atoms with van der Waals surface area (Å²) in [5.41, 5.74) is 7.09. The van der Waals surface area contributed by atoms with E-state index in [1.807, 2.05) is 12.1 Å². The zero-order valence-corrected chi connectivity index (χ0v) is 11.0. The first kappa shape index (κ1) is 12.9. The van der Waals surface area contributed by atoms with E-state index in [0.717, 1.165) is 12.0 Å². The van der Waals surface area contributed by atoms with Crippen LogP contribution >= 0.6 is 11.6 Å². The van der Waals surface area contributed by atoms with Gasteiger partial charge in [0.05, 0.1) is 11.5 Å². The topological polar surface area (TPSA) is 60.2 Å². The number of sulfone groups is 1. The number of rotatable bonds is 2. The summed E-state index contributed by atoms with van der Waals surface area (Å²) in [6.07, 6.45) is 1.59. The first-order valence-electron chi connectivity index (χ1n) is 5.69. The Morgan fingerprint density at radius 2 is 1.94 bits per heavy atom. The van der Waals surface area contributed by atoms with Crippen LogP contribution in [0.3, 0.4) is 0 Å². The summed E-state index contributed by atoms with van der Waals surface area (Å²) in [6, 6.07) is 7.09. The van der Waals surface area contributed by atoms with Crippen LogP contribution in [-0.2, 0) is 9.84 Å². The number of hydrogen-bond acceptors (Lipinski definition) is 3. The van der Waals surface area contributed by atoms with E-state index in [2.05, 4.69) is 0 Å². The van der Waals surface area contributed by atoms with Crippen LogP contribution in [0.25, 0.3) is 0 Å². The van der Waals surface area contributed by atoms with Gasteiger partial charge in [-0.05, 0) is 36.5 Å². The van der Waals surface area contributed by atoms with E-state index in [0.29, 0.717) is 17.2 Å². The zero-order chi connectivity index (χ0) is 12.5. The van der Waals surface area contributed by atoms with Crippen molar-refractivity contribution < 1.29 is 8.42 Å². The number of halogens is 1. The first-order valence-corrected chi connectivity index (χ1v) is 7.89. The summed E-state index contributed by atoms with van der Waals surface area (Å²) in [4.78, 5) is 0. The van der Waals surface area contributed by atoms with E-state index >= 15 is 0 Å². The second-order valence-corrected chi connectivity index (χ2v) is 7.26. The molecule has 5 heteroatoms. The summed E-state index contributed by atoms with van der Waals surface area (Å²) in [6.45, 7) is 0. The maximum Gasteiger partial charge on any atom is 0.150 e. The van der Waals surface area contributed by atoms with Gasteiger partial charge in [-0.3, -0.25) is 0 Å². The molecule has 0 aliphatic carbocycles. The van der Waals surface area contributed by atoms with Crippen molar-refractivity contribution in [2.45, 2.75) is 18.9 Å². The van der Waals surface area contributed by atoms with Crippen molar-refractivity contribution in [2.24, 2.45) is 11.7 Å². The van der Waals surface area contributed by atoms with Crippen LogP contribution in [0.15, 0.2) is 24.3 Å². The fourth-order valence-electron chi connectivity index (χ4n) is 2.30. The van der Waals surface area contributed by atoms with Gasteiger partial charge in [0.25, 0.3) is 0 Å². The fourth-order valence-corrected chi connectivity index (χ4v) is 4.22. The van der Waals surface area contributed by atoms with Gasteiger partial charge in [0.1, 0.15) is 0 Å². The van der Waals surface area contributed by atoms with Crippen molar-refractivity contribution in [1.29, 1.82) is 0 Å². The first-order chi connectivity index (χ1) is 7.98. The average molecular weight is 274 g/mol. The molecule has 2 N–H and O–H groups in total. The van der Waals surface area contributed by atoms with Gasteiger partial charge in [-0.1, -0.05) is 23.7 Å². The van der Waals surface area contributed by atoms with E-state index in [9.17, 15) is 8.42 Å². The van der Waals surface area contributed by atoms with Crippen LogP contribution in [0.4, 0.5) is 0 Å². The van der Waals surface area contributed by atoms with Gasteiger partial charge >= 0.3 is 0 Å². The maximum atomic E-state index is 11.6. The Morgan fingerprint density at radius 1 is 1.29 bits per heavy atom. The minimum absolute atomic E-state index is 0.0231. The van der Waals surface area contributed by atoms with Crippen molar-refractivity contribution in [3.8, 4) is 0 Å². The lowest BCUT2D eigenvalue weighted by molar-refractivity contribution is 0.415. The van der Waals surface area contributed by atoms with Crippen molar-refractivity contribution in [1.82, 2.24) is 0 Å². The highest BCUT2D eigenvalue weighted by molar-refractivity contribution is 7.91. The van der Waals surface area contributed by atoms with Crippen molar-refractivity contribution in [2.75, 3.05) is 11.5 Å². The van der Waals surface area contributed by atoms with Crippen LogP contribution in [-0.4, -0.2) is 19.9 Å². The van der Waals surface area contributed by atoms with E-state index < -0.39 is 9.84 Å². The molecule has 0 saturated carbocycles.